The van der Waals surface area contributed by atoms with Crippen molar-refractivity contribution in [3.63, 3.8) is 0 Å². The summed E-state index contributed by atoms with van der Waals surface area (Å²) >= 11 is 5.96. The van der Waals surface area contributed by atoms with Gasteiger partial charge in [0.2, 0.25) is 5.43 Å². The van der Waals surface area contributed by atoms with E-state index in [9.17, 15) is 4.79 Å². The Labute approximate surface area is 173 Å². The first-order valence-electron chi connectivity index (χ1n) is 9.23. The molecule has 0 unspecified atom stereocenters. The minimum absolute atomic E-state index is 0.0716. The van der Waals surface area contributed by atoms with E-state index < -0.39 is 0 Å². The van der Waals surface area contributed by atoms with E-state index >= 15 is 0 Å². The number of rotatable bonds is 5. The van der Waals surface area contributed by atoms with Crippen molar-refractivity contribution in [2.75, 3.05) is 0 Å². The number of hydrogen-bond acceptors (Lipinski definition) is 3. The molecule has 0 radical (unpaired) electrons. The van der Waals surface area contributed by atoms with Gasteiger partial charge in [-0.25, -0.2) is 0 Å². The van der Waals surface area contributed by atoms with Crippen molar-refractivity contribution in [3.05, 3.63) is 105 Å². The minimum atomic E-state index is -0.0716. The lowest BCUT2D eigenvalue weighted by atomic mass is 10.0. The second-order valence-electron chi connectivity index (χ2n) is 6.76. The van der Waals surface area contributed by atoms with Crippen LogP contribution in [0.5, 0.6) is 5.75 Å². The van der Waals surface area contributed by atoms with E-state index in [1.54, 1.807) is 43.3 Å². The number of aryl methyl sites for hydroxylation is 1. The maximum Gasteiger partial charge on any atom is 0.200 e. The molecule has 0 N–H and O–H groups in total. The van der Waals surface area contributed by atoms with Crippen LogP contribution in [-0.4, -0.2) is 0 Å². The average Bonchev–Trinajstić information content (AvgIpc) is 2.73. The lowest BCUT2D eigenvalue weighted by molar-refractivity contribution is 0.306. The van der Waals surface area contributed by atoms with Gasteiger partial charge in [0.25, 0.3) is 0 Å². The predicted octanol–water partition coefficient (Wildman–Crippen LogP) is 6.64. The molecule has 1 aromatic heterocycles. The first-order valence-corrected chi connectivity index (χ1v) is 9.60. The molecule has 3 aromatic carbocycles. The molecule has 0 aliphatic rings. The van der Waals surface area contributed by atoms with Crippen LogP contribution >= 0.6 is 11.6 Å². The van der Waals surface area contributed by atoms with E-state index in [2.05, 4.69) is 6.58 Å². The molecule has 144 valence electrons. The molecule has 4 rings (SSSR count). The molecule has 29 heavy (non-hydrogen) atoms. The largest absolute Gasteiger partial charge is 0.489 e. The number of hydrogen-bond donors (Lipinski definition) is 0. The Balaban J connectivity index is 1.64. The van der Waals surface area contributed by atoms with Gasteiger partial charge in [0.1, 0.15) is 23.7 Å². The summed E-state index contributed by atoms with van der Waals surface area (Å²) in [5.74, 6) is 1.20. The van der Waals surface area contributed by atoms with Gasteiger partial charge < -0.3 is 9.15 Å². The van der Waals surface area contributed by atoms with Crippen LogP contribution in [0.1, 0.15) is 16.9 Å². The Bertz CT molecular complexity index is 1240. The van der Waals surface area contributed by atoms with Gasteiger partial charge in [-0.1, -0.05) is 60.7 Å². The van der Waals surface area contributed by atoms with Gasteiger partial charge >= 0.3 is 0 Å². The summed E-state index contributed by atoms with van der Waals surface area (Å²) in [6.07, 6.45) is 1.80. The topological polar surface area (TPSA) is 39.4 Å². The minimum Gasteiger partial charge on any atom is -0.489 e. The van der Waals surface area contributed by atoms with Crippen molar-refractivity contribution in [2.24, 2.45) is 0 Å². The van der Waals surface area contributed by atoms with Gasteiger partial charge in [0, 0.05) is 11.1 Å². The number of halogens is 1. The molecule has 0 aliphatic carbocycles. The molecular weight excluding hydrogens is 384 g/mol. The van der Waals surface area contributed by atoms with Crippen molar-refractivity contribution >= 4 is 28.6 Å². The zero-order chi connectivity index (χ0) is 20.4. The molecule has 0 fully saturated rings. The molecule has 0 saturated carbocycles. The molecule has 4 heteroatoms. The fourth-order valence-electron chi connectivity index (χ4n) is 3.24. The third-order valence-corrected chi connectivity index (χ3v) is 5.05. The van der Waals surface area contributed by atoms with Crippen LogP contribution in [0.15, 0.2) is 82.5 Å². The summed E-state index contributed by atoms with van der Waals surface area (Å²) in [5.41, 5.74) is 3.87. The van der Waals surface area contributed by atoms with Crippen molar-refractivity contribution in [3.8, 4) is 16.9 Å². The second-order valence-corrected chi connectivity index (χ2v) is 7.20. The van der Waals surface area contributed by atoms with Crippen LogP contribution in [0.3, 0.4) is 0 Å². The Hall–Kier alpha value is -3.30. The van der Waals surface area contributed by atoms with Crippen LogP contribution < -0.4 is 10.2 Å². The molecule has 1 heterocycles. The molecule has 3 nitrogen and oxygen atoms in total. The van der Waals surface area contributed by atoms with Crippen LogP contribution in [0.2, 0.25) is 5.02 Å². The lowest BCUT2D eigenvalue weighted by Gasteiger charge is -2.10. The normalized spacial score (nSPS) is 10.8. The van der Waals surface area contributed by atoms with E-state index in [-0.39, 0.29) is 5.43 Å². The third-order valence-electron chi connectivity index (χ3n) is 4.79. The monoisotopic (exact) mass is 402 g/mol. The maximum atomic E-state index is 13.0. The molecule has 4 aromatic rings. The highest BCUT2D eigenvalue weighted by Gasteiger charge is 2.14. The highest BCUT2D eigenvalue weighted by molar-refractivity contribution is 6.30. The zero-order valence-electron chi connectivity index (χ0n) is 15.9. The summed E-state index contributed by atoms with van der Waals surface area (Å²) in [6.45, 7) is 5.97. The smallest absolute Gasteiger partial charge is 0.200 e. The molecule has 0 atom stereocenters. The van der Waals surface area contributed by atoms with E-state index in [0.717, 1.165) is 16.7 Å². The quantitative estimate of drug-likeness (QED) is 0.375. The average molecular weight is 403 g/mol. The van der Waals surface area contributed by atoms with Gasteiger partial charge in [0.15, 0.2) is 0 Å². The maximum absolute atomic E-state index is 13.0. The highest BCUT2D eigenvalue weighted by Crippen LogP contribution is 2.27. The highest BCUT2D eigenvalue weighted by atomic mass is 35.5. The zero-order valence-corrected chi connectivity index (χ0v) is 16.7. The van der Waals surface area contributed by atoms with Gasteiger partial charge in [-0.3, -0.25) is 4.79 Å². The van der Waals surface area contributed by atoms with E-state index in [4.69, 9.17) is 20.8 Å². The molecule has 0 saturated heterocycles. The van der Waals surface area contributed by atoms with Crippen molar-refractivity contribution in [2.45, 2.75) is 13.5 Å². The number of fused-ring (bicyclic) bond motifs is 1. The second kappa shape index (κ2) is 7.98. The van der Waals surface area contributed by atoms with E-state index in [0.29, 0.717) is 39.7 Å². The summed E-state index contributed by atoms with van der Waals surface area (Å²) in [7, 11) is 0. The van der Waals surface area contributed by atoms with Gasteiger partial charge in [-0.2, -0.15) is 0 Å². The molecule has 0 bridgehead atoms. The Kier molecular flexibility index (Phi) is 5.24. The van der Waals surface area contributed by atoms with Crippen LogP contribution in [0.4, 0.5) is 0 Å². The van der Waals surface area contributed by atoms with Crippen LogP contribution in [0.25, 0.3) is 28.2 Å². The molecule has 0 spiro atoms. The summed E-state index contributed by atoms with van der Waals surface area (Å²) in [5, 5.41) is 1.14. The molecule has 0 amide bonds. The van der Waals surface area contributed by atoms with Crippen molar-refractivity contribution < 1.29 is 9.15 Å². The van der Waals surface area contributed by atoms with Crippen LogP contribution in [-0.2, 0) is 6.61 Å². The fraction of sp³-hybridized carbons (Fsp3) is 0.0800. The summed E-state index contributed by atoms with van der Waals surface area (Å²) in [4.78, 5) is 13.0. The van der Waals surface area contributed by atoms with E-state index in [1.165, 1.54) is 0 Å². The van der Waals surface area contributed by atoms with Gasteiger partial charge in [0.05, 0.1) is 10.9 Å². The Morgan fingerprint density at radius 1 is 1.03 bits per heavy atom. The molecular formula is C25H19ClO3. The van der Waals surface area contributed by atoms with Crippen molar-refractivity contribution in [1.82, 2.24) is 0 Å². The van der Waals surface area contributed by atoms with Crippen molar-refractivity contribution in [1.29, 1.82) is 0 Å². The first-order chi connectivity index (χ1) is 14.0. The number of benzene rings is 3. The summed E-state index contributed by atoms with van der Waals surface area (Å²) < 4.78 is 11.8. The summed E-state index contributed by atoms with van der Waals surface area (Å²) in [6, 6.07) is 20.4. The lowest BCUT2D eigenvalue weighted by Crippen LogP contribution is -2.07. The van der Waals surface area contributed by atoms with Gasteiger partial charge in [-0.05, 0) is 47.9 Å². The molecule has 0 aliphatic heterocycles. The third kappa shape index (κ3) is 3.96. The fourth-order valence-corrected chi connectivity index (χ4v) is 3.37. The van der Waals surface area contributed by atoms with Crippen LogP contribution in [0, 0.1) is 6.92 Å². The Morgan fingerprint density at radius 2 is 1.76 bits per heavy atom. The Morgan fingerprint density at radius 3 is 2.45 bits per heavy atom. The number of ether oxygens (including phenoxy) is 1. The predicted molar refractivity (Wildman–Crippen MR) is 119 cm³/mol. The SMILES string of the molecule is C=Cc1ccc(COc2ccc3c(=O)c(-c4ccc(Cl)cc4)c(C)oc3c2)cc1. The first kappa shape index (κ1) is 19.0. The standard InChI is InChI=1S/C25H19ClO3/c1-3-17-4-6-18(7-5-17)15-28-21-12-13-22-23(14-21)29-16(2)24(25(22)27)19-8-10-20(26)11-9-19/h3-14H,1,15H2,2H3. The van der Waals surface area contributed by atoms with E-state index in [1.807, 2.05) is 36.4 Å². The van der Waals surface area contributed by atoms with Gasteiger partial charge in [-0.15, -0.1) is 0 Å².